The van der Waals surface area contributed by atoms with Crippen LogP contribution in [0, 0.1) is 6.92 Å². The van der Waals surface area contributed by atoms with Crippen LogP contribution < -0.4 is 24.7 Å². The predicted molar refractivity (Wildman–Crippen MR) is 115 cm³/mol. The molecule has 2 aromatic carbocycles. The molecule has 1 aromatic heterocycles. The molecule has 0 saturated carbocycles. The van der Waals surface area contributed by atoms with E-state index in [0.717, 1.165) is 28.3 Å². The van der Waals surface area contributed by atoms with E-state index < -0.39 is 5.91 Å². The summed E-state index contributed by atoms with van der Waals surface area (Å²) < 4.78 is 23.6. The van der Waals surface area contributed by atoms with Crippen LogP contribution in [0.5, 0.6) is 23.0 Å². The number of hydrogen-bond acceptors (Lipinski definition) is 5. The molecule has 7 heteroatoms. The molecule has 0 spiro atoms. The number of aromatic nitrogens is 1. The number of nitrogens with zero attached hydrogens (tertiary/aromatic N) is 1. The lowest BCUT2D eigenvalue weighted by atomic mass is 10.1. The second-order valence-corrected chi connectivity index (χ2v) is 6.74. The summed E-state index contributed by atoms with van der Waals surface area (Å²) in [5.74, 6) is 1.95. The second kappa shape index (κ2) is 8.82. The Bertz CT molecular complexity index is 1030. The van der Waals surface area contributed by atoms with Crippen molar-refractivity contribution >= 4 is 5.91 Å². The van der Waals surface area contributed by atoms with E-state index in [2.05, 4.69) is 0 Å². The van der Waals surface area contributed by atoms with Crippen LogP contribution >= 0.6 is 0 Å². The molecule has 2 N–H and O–H groups in total. The number of ether oxygens (including phenoxy) is 4. The van der Waals surface area contributed by atoms with Crippen molar-refractivity contribution in [3.63, 3.8) is 0 Å². The number of primary amides is 1. The Morgan fingerprint density at radius 1 is 0.900 bits per heavy atom. The van der Waals surface area contributed by atoms with Crippen LogP contribution in [-0.4, -0.2) is 38.9 Å². The zero-order chi connectivity index (χ0) is 21.8. The van der Waals surface area contributed by atoms with E-state index in [1.807, 2.05) is 54.0 Å². The molecule has 1 heterocycles. The second-order valence-electron chi connectivity index (χ2n) is 6.74. The van der Waals surface area contributed by atoms with Crippen LogP contribution in [0.25, 0.3) is 11.3 Å². The summed E-state index contributed by atoms with van der Waals surface area (Å²) in [6.07, 6.45) is 0. The average Bonchev–Trinajstić information content (AvgIpc) is 3.09. The van der Waals surface area contributed by atoms with Gasteiger partial charge in [0.1, 0.15) is 5.75 Å². The zero-order valence-electron chi connectivity index (χ0n) is 17.8. The van der Waals surface area contributed by atoms with Crippen molar-refractivity contribution in [2.45, 2.75) is 13.5 Å². The van der Waals surface area contributed by atoms with Gasteiger partial charge in [0, 0.05) is 17.9 Å². The Kier molecular flexibility index (Phi) is 6.20. The molecule has 0 bridgehead atoms. The molecule has 0 fully saturated rings. The van der Waals surface area contributed by atoms with Crippen molar-refractivity contribution in [1.82, 2.24) is 4.57 Å². The van der Waals surface area contributed by atoms with E-state index in [-0.39, 0.29) is 0 Å². The maximum absolute atomic E-state index is 12.0. The minimum atomic E-state index is -0.467. The summed E-state index contributed by atoms with van der Waals surface area (Å²) in [5.41, 5.74) is 9.62. The van der Waals surface area contributed by atoms with E-state index in [1.165, 1.54) is 0 Å². The predicted octanol–water partition coefficient (Wildman–Crippen LogP) is 3.65. The highest BCUT2D eigenvalue weighted by atomic mass is 16.5. The van der Waals surface area contributed by atoms with Gasteiger partial charge in [-0.3, -0.25) is 4.79 Å². The molecule has 7 nitrogen and oxygen atoms in total. The zero-order valence-corrected chi connectivity index (χ0v) is 17.8. The van der Waals surface area contributed by atoms with Gasteiger partial charge in [-0.05, 0) is 60.5 Å². The van der Waals surface area contributed by atoms with Crippen molar-refractivity contribution < 1.29 is 23.7 Å². The van der Waals surface area contributed by atoms with Gasteiger partial charge in [0.05, 0.1) is 34.0 Å². The van der Waals surface area contributed by atoms with Gasteiger partial charge in [-0.2, -0.15) is 0 Å². The Morgan fingerprint density at radius 3 is 1.97 bits per heavy atom. The van der Waals surface area contributed by atoms with Gasteiger partial charge in [0.2, 0.25) is 5.75 Å². The third-order valence-corrected chi connectivity index (χ3v) is 5.08. The Balaban J connectivity index is 2.12. The third-order valence-electron chi connectivity index (χ3n) is 5.08. The standard InChI is InChI=1S/C23H26N2O5/c1-14-18(23(24)26)12-19(16-6-8-17(27-2)9-7-16)25(14)13-15-10-20(28-3)22(30-5)21(11-15)29-4/h6-12H,13H2,1-5H3,(H2,24,26). The molecule has 0 aliphatic heterocycles. The van der Waals surface area contributed by atoms with Crippen molar-refractivity contribution in [2.24, 2.45) is 5.73 Å². The van der Waals surface area contributed by atoms with Crippen molar-refractivity contribution in [1.29, 1.82) is 0 Å². The highest BCUT2D eigenvalue weighted by Gasteiger charge is 2.19. The van der Waals surface area contributed by atoms with Gasteiger partial charge in [-0.25, -0.2) is 0 Å². The van der Waals surface area contributed by atoms with Gasteiger partial charge < -0.3 is 29.2 Å². The van der Waals surface area contributed by atoms with E-state index >= 15 is 0 Å². The van der Waals surface area contributed by atoms with E-state index in [1.54, 1.807) is 28.4 Å². The lowest BCUT2D eigenvalue weighted by Gasteiger charge is -2.17. The van der Waals surface area contributed by atoms with Gasteiger partial charge in [0.15, 0.2) is 11.5 Å². The summed E-state index contributed by atoms with van der Waals surface area (Å²) in [7, 11) is 6.35. The fraction of sp³-hybridized carbons (Fsp3) is 0.261. The van der Waals surface area contributed by atoms with Gasteiger partial charge in [-0.15, -0.1) is 0 Å². The lowest BCUT2D eigenvalue weighted by molar-refractivity contribution is 0.0999. The molecule has 3 aromatic rings. The third kappa shape index (κ3) is 3.91. The molecule has 0 saturated heterocycles. The Labute approximate surface area is 175 Å². The molecular weight excluding hydrogens is 384 g/mol. The molecule has 0 aliphatic carbocycles. The van der Waals surface area contributed by atoms with E-state index in [9.17, 15) is 4.79 Å². The van der Waals surface area contributed by atoms with Crippen LogP contribution in [-0.2, 0) is 6.54 Å². The van der Waals surface area contributed by atoms with Gasteiger partial charge in [0.25, 0.3) is 5.91 Å². The van der Waals surface area contributed by atoms with Crippen LogP contribution in [0.3, 0.4) is 0 Å². The quantitative estimate of drug-likeness (QED) is 0.613. The molecule has 3 rings (SSSR count). The fourth-order valence-electron chi connectivity index (χ4n) is 3.51. The first-order valence-corrected chi connectivity index (χ1v) is 9.36. The maximum Gasteiger partial charge on any atom is 0.250 e. The first kappa shape index (κ1) is 21.1. The first-order chi connectivity index (χ1) is 14.4. The summed E-state index contributed by atoms with van der Waals surface area (Å²) in [6, 6.07) is 13.3. The number of hydrogen-bond donors (Lipinski definition) is 1. The van der Waals surface area contributed by atoms with Gasteiger partial charge >= 0.3 is 0 Å². The molecule has 0 unspecified atom stereocenters. The van der Waals surface area contributed by atoms with Crippen LogP contribution in [0.15, 0.2) is 42.5 Å². The largest absolute Gasteiger partial charge is 0.497 e. The van der Waals surface area contributed by atoms with Crippen molar-refractivity contribution in [2.75, 3.05) is 28.4 Å². The minimum absolute atomic E-state index is 0.467. The summed E-state index contributed by atoms with van der Waals surface area (Å²) >= 11 is 0. The Hall–Kier alpha value is -3.61. The molecule has 30 heavy (non-hydrogen) atoms. The van der Waals surface area contributed by atoms with Crippen molar-refractivity contribution in [3.8, 4) is 34.3 Å². The summed E-state index contributed by atoms with van der Waals surface area (Å²) in [6.45, 7) is 2.36. The summed E-state index contributed by atoms with van der Waals surface area (Å²) in [4.78, 5) is 12.0. The molecule has 158 valence electrons. The SMILES string of the molecule is COc1ccc(-c2cc(C(N)=O)c(C)n2Cc2cc(OC)c(OC)c(OC)c2)cc1. The molecule has 0 atom stereocenters. The molecule has 1 amide bonds. The number of benzene rings is 2. The normalized spacial score (nSPS) is 10.6. The van der Waals surface area contributed by atoms with E-state index in [0.29, 0.717) is 29.4 Å². The maximum atomic E-state index is 12.0. The lowest BCUT2D eigenvalue weighted by Crippen LogP contribution is -2.13. The number of nitrogens with two attached hydrogens (primary N) is 1. The average molecular weight is 410 g/mol. The van der Waals surface area contributed by atoms with Crippen LogP contribution in [0.2, 0.25) is 0 Å². The van der Waals surface area contributed by atoms with E-state index in [4.69, 9.17) is 24.7 Å². The number of carbonyl (C=O) groups is 1. The number of amides is 1. The number of methoxy groups -OCH3 is 4. The van der Waals surface area contributed by atoms with Crippen molar-refractivity contribution in [3.05, 3.63) is 59.3 Å². The smallest absolute Gasteiger partial charge is 0.250 e. The highest BCUT2D eigenvalue weighted by Crippen LogP contribution is 2.39. The topological polar surface area (TPSA) is 84.9 Å². The fourth-order valence-corrected chi connectivity index (χ4v) is 3.51. The highest BCUT2D eigenvalue weighted by molar-refractivity contribution is 5.95. The van der Waals surface area contributed by atoms with Gasteiger partial charge in [-0.1, -0.05) is 0 Å². The molecule has 0 aliphatic rings. The number of rotatable bonds is 8. The first-order valence-electron chi connectivity index (χ1n) is 9.36. The van der Waals surface area contributed by atoms with Crippen LogP contribution in [0.4, 0.5) is 0 Å². The Morgan fingerprint density at radius 2 is 1.50 bits per heavy atom. The van der Waals surface area contributed by atoms with Crippen LogP contribution in [0.1, 0.15) is 21.6 Å². The minimum Gasteiger partial charge on any atom is -0.497 e. The summed E-state index contributed by atoms with van der Waals surface area (Å²) in [5, 5.41) is 0. The number of carbonyl (C=O) groups excluding carboxylic acids is 1. The molecule has 0 radical (unpaired) electrons. The molecular formula is C23H26N2O5. The monoisotopic (exact) mass is 410 g/mol.